The number of halogens is 2. The highest BCUT2D eigenvalue weighted by Crippen LogP contribution is 2.25. The van der Waals surface area contributed by atoms with E-state index in [2.05, 4.69) is 9.71 Å². The predicted octanol–water partition coefficient (Wildman–Crippen LogP) is 2.57. The Hall–Kier alpha value is -1.86. The molecule has 0 bridgehead atoms. The lowest BCUT2D eigenvalue weighted by Crippen LogP contribution is -2.15. The number of hydrogen-bond donors (Lipinski definition) is 2. The van der Waals surface area contributed by atoms with Crippen LogP contribution in [-0.4, -0.2) is 13.4 Å². The minimum Gasteiger partial charge on any atom is -0.397 e. The van der Waals surface area contributed by atoms with Gasteiger partial charge in [-0.15, -0.1) is 0 Å². The molecule has 0 aliphatic heterocycles. The molecule has 0 spiro atoms. The standard InChI is InChI=1S/C12H11ClFN3O2S/c1-7-4-9(15)6-16-12(7)17-20(18,19)11-5-8(14)2-3-10(11)13/h2-6H,15H2,1H3,(H,16,17). The van der Waals surface area contributed by atoms with Crippen LogP contribution in [0.25, 0.3) is 0 Å². The number of sulfonamides is 1. The summed E-state index contributed by atoms with van der Waals surface area (Å²) in [6.45, 7) is 1.65. The molecular formula is C12H11ClFN3O2S. The van der Waals surface area contributed by atoms with E-state index >= 15 is 0 Å². The van der Waals surface area contributed by atoms with E-state index in [1.807, 2.05) is 0 Å². The van der Waals surface area contributed by atoms with E-state index in [9.17, 15) is 12.8 Å². The first kappa shape index (κ1) is 14.5. The maximum atomic E-state index is 13.2. The third-order valence-electron chi connectivity index (χ3n) is 2.51. The number of nitrogens with two attached hydrogens (primary N) is 1. The van der Waals surface area contributed by atoms with Gasteiger partial charge in [-0.25, -0.2) is 17.8 Å². The molecule has 3 N–H and O–H groups in total. The molecule has 8 heteroatoms. The van der Waals surface area contributed by atoms with Crippen molar-refractivity contribution in [1.82, 2.24) is 4.98 Å². The fraction of sp³-hybridized carbons (Fsp3) is 0.0833. The highest BCUT2D eigenvalue weighted by atomic mass is 35.5. The highest BCUT2D eigenvalue weighted by Gasteiger charge is 2.20. The molecule has 0 aliphatic rings. The number of aryl methyl sites for hydroxylation is 1. The first-order chi connectivity index (χ1) is 9.29. The molecule has 1 aromatic carbocycles. The molecule has 5 nitrogen and oxygen atoms in total. The number of nitrogens with zero attached hydrogens (tertiary/aromatic N) is 1. The van der Waals surface area contributed by atoms with E-state index in [1.54, 1.807) is 13.0 Å². The summed E-state index contributed by atoms with van der Waals surface area (Å²) in [6.07, 6.45) is 1.32. The number of aromatic nitrogens is 1. The van der Waals surface area contributed by atoms with Gasteiger partial charge < -0.3 is 5.73 Å². The fourth-order valence-electron chi connectivity index (χ4n) is 1.57. The number of anilines is 2. The fourth-order valence-corrected chi connectivity index (χ4v) is 3.16. The normalized spacial score (nSPS) is 11.3. The van der Waals surface area contributed by atoms with Gasteiger partial charge in [-0.3, -0.25) is 4.72 Å². The van der Waals surface area contributed by atoms with Crippen molar-refractivity contribution in [1.29, 1.82) is 0 Å². The molecule has 1 aromatic heterocycles. The van der Waals surface area contributed by atoms with Gasteiger partial charge in [0.2, 0.25) is 0 Å². The van der Waals surface area contributed by atoms with Crippen molar-refractivity contribution >= 4 is 33.1 Å². The molecular weight excluding hydrogens is 305 g/mol. The second-order valence-corrected chi connectivity index (χ2v) is 6.17. The van der Waals surface area contributed by atoms with E-state index in [4.69, 9.17) is 17.3 Å². The summed E-state index contributed by atoms with van der Waals surface area (Å²) in [7, 11) is -4.03. The van der Waals surface area contributed by atoms with Crippen molar-refractivity contribution in [3.63, 3.8) is 0 Å². The summed E-state index contributed by atoms with van der Waals surface area (Å²) < 4.78 is 39.8. The molecule has 1 heterocycles. The third kappa shape index (κ3) is 3.00. The summed E-state index contributed by atoms with van der Waals surface area (Å²) in [5, 5.41) is -0.0769. The van der Waals surface area contributed by atoms with Crippen molar-refractivity contribution in [2.24, 2.45) is 0 Å². The summed E-state index contributed by atoms with van der Waals surface area (Å²) >= 11 is 5.79. The van der Waals surface area contributed by atoms with Crippen molar-refractivity contribution < 1.29 is 12.8 Å². The number of benzene rings is 1. The van der Waals surface area contributed by atoms with Gasteiger partial charge in [-0.05, 0) is 36.8 Å². The number of nitrogen functional groups attached to an aromatic ring is 1. The molecule has 0 aliphatic carbocycles. The Balaban J connectivity index is 2.43. The number of pyridine rings is 1. The lowest BCUT2D eigenvalue weighted by molar-refractivity contribution is 0.595. The van der Waals surface area contributed by atoms with Crippen LogP contribution in [0.3, 0.4) is 0 Å². The molecule has 2 aromatic rings. The molecule has 2 rings (SSSR count). The van der Waals surface area contributed by atoms with Gasteiger partial charge >= 0.3 is 0 Å². The zero-order valence-corrected chi connectivity index (χ0v) is 12.0. The predicted molar refractivity (Wildman–Crippen MR) is 75.6 cm³/mol. The van der Waals surface area contributed by atoms with Crippen LogP contribution in [0.4, 0.5) is 15.9 Å². The maximum absolute atomic E-state index is 13.2. The molecule has 0 radical (unpaired) electrons. The van der Waals surface area contributed by atoms with Crippen molar-refractivity contribution in [2.45, 2.75) is 11.8 Å². The van der Waals surface area contributed by atoms with Crippen LogP contribution in [0, 0.1) is 12.7 Å². The van der Waals surface area contributed by atoms with Gasteiger partial charge in [0.1, 0.15) is 16.5 Å². The quantitative estimate of drug-likeness (QED) is 0.911. The van der Waals surface area contributed by atoms with Crippen LogP contribution in [0.2, 0.25) is 5.02 Å². The third-order valence-corrected chi connectivity index (χ3v) is 4.33. The van der Waals surface area contributed by atoms with E-state index in [0.29, 0.717) is 11.3 Å². The highest BCUT2D eigenvalue weighted by molar-refractivity contribution is 7.92. The average molecular weight is 316 g/mol. The van der Waals surface area contributed by atoms with Crippen LogP contribution in [-0.2, 0) is 10.0 Å². The largest absolute Gasteiger partial charge is 0.397 e. The summed E-state index contributed by atoms with van der Waals surface area (Å²) in [6, 6.07) is 4.66. The van der Waals surface area contributed by atoms with Gasteiger partial charge in [0.25, 0.3) is 10.0 Å². The number of hydrogen-bond acceptors (Lipinski definition) is 4. The Morgan fingerprint density at radius 3 is 2.70 bits per heavy atom. The minimum absolute atomic E-state index is 0.0769. The van der Waals surface area contributed by atoms with Crippen LogP contribution < -0.4 is 10.5 Å². The van der Waals surface area contributed by atoms with E-state index < -0.39 is 15.8 Å². The van der Waals surface area contributed by atoms with Crippen LogP contribution in [0.15, 0.2) is 35.4 Å². The zero-order chi connectivity index (χ0) is 14.9. The molecule has 0 fully saturated rings. The summed E-state index contributed by atoms with van der Waals surface area (Å²) in [5.74, 6) is -0.587. The van der Waals surface area contributed by atoms with E-state index in [1.165, 1.54) is 12.3 Å². The van der Waals surface area contributed by atoms with Crippen molar-refractivity contribution in [3.8, 4) is 0 Å². The molecule has 20 heavy (non-hydrogen) atoms. The lowest BCUT2D eigenvalue weighted by Gasteiger charge is -2.11. The lowest BCUT2D eigenvalue weighted by atomic mass is 10.3. The Morgan fingerprint density at radius 2 is 2.05 bits per heavy atom. The minimum atomic E-state index is -4.03. The molecule has 0 saturated heterocycles. The Labute approximate surface area is 120 Å². The van der Waals surface area contributed by atoms with Gasteiger partial charge in [-0.2, -0.15) is 0 Å². The Kier molecular flexibility index (Phi) is 3.82. The van der Waals surface area contributed by atoms with Gasteiger partial charge in [0, 0.05) is 0 Å². The van der Waals surface area contributed by atoms with Crippen LogP contribution in [0.5, 0.6) is 0 Å². The van der Waals surface area contributed by atoms with Gasteiger partial charge in [0.05, 0.1) is 16.9 Å². The van der Waals surface area contributed by atoms with E-state index in [-0.39, 0.29) is 15.7 Å². The molecule has 106 valence electrons. The molecule has 0 unspecified atom stereocenters. The van der Waals surface area contributed by atoms with Crippen molar-refractivity contribution in [2.75, 3.05) is 10.5 Å². The smallest absolute Gasteiger partial charge is 0.264 e. The SMILES string of the molecule is Cc1cc(N)cnc1NS(=O)(=O)c1cc(F)ccc1Cl. The van der Waals surface area contributed by atoms with E-state index in [0.717, 1.165) is 12.1 Å². The average Bonchev–Trinajstić information content (AvgIpc) is 2.35. The van der Waals surface area contributed by atoms with Crippen molar-refractivity contribution in [3.05, 3.63) is 46.9 Å². The maximum Gasteiger partial charge on any atom is 0.264 e. The number of nitrogens with one attached hydrogen (secondary N) is 1. The van der Waals surface area contributed by atoms with Gasteiger partial charge in [0.15, 0.2) is 0 Å². The second-order valence-electron chi connectivity index (χ2n) is 4.11. The molecule has 0 amide bonds. The second kappa shape index (κ2) is 5.26. The monoisotopic (exact) mass is 315 g/mol. The summed E-state index contributed by atoms with van der Waals surface area (Å²) in [5.41, 5.74) is 6.49. The first-order valence-corrected chi connectivity index (χ1v) is 7.36. The van der Waals surface area contributed by atoms with Gasteiger partial charge in [-0.1, -0.05) is 11.6 Å². The zero-order valence-electron chi connectivity index (χ0n) is 10.4. The summed E-state index contributed by atoms with van der Waals surface area (Å²) in [4.78, 5) is 3.54. The number of rotatable bonds is 3. The van der Waals surface area contributed by atoms with Crippen LogP contribution in [0.1, 0.15) is 5.56 Å². The molecule has 0 saturated carbocycles. The van der Waals surface area contributed by atoms with Crippen LogP contribution >= 0.6 is 11.6 Å². The Morgan fingerprint density at radius 1 is 1.35 bits per heavy atom. The topological polar surface area (TPSA) is 85.1 Å². The first-order valence-electron chi connectivity index (χ1n) is 5.49. The Bertz CT molecular complexity index is 765. The molecule has 0 atom stereocenters.